The average molecular weight is 258 g/mol. The van der Waals surface area contributed by atoms with Crippen molar-refractivity contribution in [2.75, 3.05) is 13.1 Å². The first kappa shape index (κ1) is 16.6. The number of aliphatic hydroxyl groups excluding tert-OH is 1. The Balaban J connectivity index is 0. The van der Waals surface area contributed by atoms with Crippen LogP contribution in [0.25, 0.3) is 0 Å². The molecule has 2 atom stereocenters. The Hall–Kier alpha value is 0.216. The average Bonchev–Trinajstić information content (AvgIpc) is 2.03. The molecule has 0 aliphatic heterocycles. The van der Waals surface area contributed by atoms with Crippen molar-refractivity contribution in [3.8, 4) is 0 Å². The van der Waals surface area contributed by atoms with Crippen molar-refractivity contribution < 1.29 is 35.1 Å². The second-order valence-corrected chi connectivity index (χ2v) is 2.95. The van der Waals surface area contributed by atoms with Crippen LogP contribution in [0.3, 0.4) is 0 Å². The van der Waals surface area contributed by atoms with E-state index >= 15 is 0 Å². The molecule has 0 bridgehead atoms. The minimum Gasteiger partial charge on any atom is -0.382 e. The van der Waals surface area contributed by atoms with E-state index in [9.17, 15) is 13.2 Å². The Morgan fingerprint density at radius 3 is 1.79 bits per heavy atom. The van der Waals surface area contributed by atoms with Gasteiger partial charge in [0.05, 0.1) is 0 Å². The van der Waals surface area contributed by atoms with Gasteiger partial charge in [-0.05, 0) is 20.0 Å². The van der Waals surface area contributed by atoms with Crippen LogP contribution in [0.2, 0.25) is 0 Å². The molecule has 0 aromatic carbocycles. The predicted octanol–water partition coefficient (Wildman–Crippen LogP) is 1.64. The minimum atomic E-state index is -4.53. The fourth-order valence-corrected chi connectivity index (χ4v) is 1.27. The summed E-state index contributed by atoms with van der Waals surface area (Å²) in [5.41, 5.74) is 0. The molecular formula is C8H16CoF3NO. The molecule has 1 radical (unpaired) electrons. The Kier molecular flexibility index (Phi) is 7.91. The molecule has 0 aliphatic rings. The quantitative estimate of drug-likeness (QED) is 0.828. The number of halogens is 3. The van der Waals surface area contributed by atoms with E-state index in [1.54, 1.807) is 18.7 Å². The fourth-order valence-electron chi connectivity index (χ4n) is 1.27. The Morgan fingerprint density at radius 1 is 1.21 bits per heavy atom. The number of aliphatic hydroxyl groups is 1. The van der Waals surface area contributed by atoms with Crippen molar-refractivity contribution in [3.05, 3.63) is 0 Å². The van der Waals surface area contributed by atoms with Crippen molar-refractivity contribution in [1.82, 2.24) is 4.90 Å². The van der Waals surface area contributed by atoms with E-state index in [1.165, 1.54) is 6.92 Å². The summed E-state index contributed by atoms with van der Waals surface area (Å²) in [7, 11) is 0. The first-order valence-electron chi connectivity index (χ1n) is 4.33. The summed E-state index contributed by atoms with van der Waals surface area (Å²) >= 11 is 0. The zero-order valence-corrected chi connectivity index (χ0v) is 9.47. The molecule has 0 spiro atoms. The molecule has 0 amide bonds. The van der Waals surface area contributed by atoms with Gasteiger partial charge in [-0.3, -0.25) is 4.90 Å². The molecule has 2 unspecified atom stereocenters. The van der Waals surface area contributed by atoms with E-state index in [0.29, 0.717) is 13.1 Å². The maximum atomic E-state index is 12.1. The molecule has 1 N–H and O–H groups in total. The molecule has 89 valence electrons. The predicted molar refractivity (Wildman–Crippen MR) is 44.4 cm³/mol. The maximum absolute atomic E-state index is 12.1. The van der Waals surface area contributed by atoms with Gasteiger partial charge in [0.25, 0.3) is 0 Å². The van der Waals surface area contributed by atoms with Gasteiger partial charge in [-0.25, -0.2) is 0 Å². The van der Waals surface area contributed by atoms with Gasteiger partial charge in [0.15, 0.2) is 6.10 Å². The van der Waals surface area contributed by atoms with Gasteiger partial charge in [-0.2, -0.15) is 13.2 Å². The van der Waals surface area contributed by atoms with Crippen LogP contribution in [0.4, 0.5) is 13.2 Å². The second-order valence-electron chi connectivity index (χ2n) is 2.95. The summed E-state index contributed by atoms with van der Waals surface area (Å²) in [5.74, 6) is 0. The van der Waals surface area contributed by atoms with E-state index in [-0.39, 0.29) is 16.8 Å². The van der Waals surface area contributed by atoms with Gasteiger partial charge in [0.2, 0.25) is 0 Å². The zero-order valence-electron chi connectivity index (χ0n) is 8.43. The Labute approximate surface area is 92.7 Å². The smallest absolute Gasteiger partial charge is 0.382 e. The van der Waals surface area contributed by atoms with E-state index in [4.69, 9.17) is 5.11 Å². The SMILES string of the molecule is CCN(CC)C(C)C(O)C(F)(F)F.[Co]. The van der Waals surface area contributed by atoms with Gasteiger partial charge < -0.3 is 5.11 Å². The monoisotopic (exact) mass is 258 g/mol. The van der Waals surface area contributed by atoms with Crippen LogP contribution in [-0.4, -0.2) is 41.4 Å². The molecule has 0 fully saturated rings. The standard InChI is InChI=1S/C8H16F3NO.Co/c1-4-12(5-2)6(3)7(13)8(9,10)11;/h6-7,13H,4-5H2,1-3H3;. The van der Waals surface area contributed by atoms with Crippen molar-refractivity contribution in [2.45, 2.75) is 39.1 Å². The van der Waals surface area contributed by atoms with Gasteiger partial charge in [0.1, 0.15) is 0 Å². The van der Waals surface area contributed by atoms with E-state index < -0.39 is 18.3 Å². The van der Waals surface area contributed by atoms with Gasteiger partial charge in [0, 0.05) is 22.8 Å². The summed E-state index contributed by atoms with van der Waals surface area (Å²) in [6, 6.07) is -0.880. The minimum absolute atomic E-state index is 0. The molecule has 14 heavy (non-hydrogen) atoms. The molecule has 6 heteroatoms. The molecule has 0 heterocycles. The normalized spacial score (nSPS) is 16.3. The zero-order chi connectivity index (χ0) is 10.6. The van der Waals surface area contributed by atoms with Crippen LogP contribution in [-0.2, 0) is 16.8 Å². The van der Waals surface area contributed by atoms with Crippen molar-refractivity contribution in [3.63, 3.8) is 0 Å². The number of rotatable bonds is 4. The molecule has 0 rings (SSSR count). The van der Waals surface area contributed by atoms with Gasteiger partial charge in [-0.1, -0.05) is 13.8 Å². The number of hydrogen-bond acceptors (Lipinski definition) is 2. The molecule has 0 aromatic rings. The van der Waals surface area contributed by atoms with Gasteiger partial charge in [-0.15, -0.1) is 0 Å². The third kappa shape index (κ3) is 4.63. The first-order chi connectivity index (χ1) is 5.84. The van der Waals surface area contributed by atoms with Crippen LogP contribution in [0.5, 0.6) is 0 Å². The largest absolute Gasteiger partial charge is 0.415 e. The van der Waals surface area contributed by atoms with E-state index in [0.717, 1.165) is 0 Å². The number of likely N-dealkylation sites (N-methyl/N-ethyl adjacent to an activating group) is 1. The van der Waals surface area contributed by atoms with Crippen LogP contribution >= 0.6 is 0 Å². The molecule has 0 aliphatic carbocycles. The van der Waals surface area contributed by atoms with E-state index in [2.05, 4.69) is 0 Å². The number of alkyl halides is 3. The summed E-state index contributed by atoms with van der Waals surface area (Å²) in [5, 5.41) is 8.92. The van der Waals surface area contributed by atoms with Gasteiger partial charge >= 0.3 is 6.18 Å². The van der Waals surface area contributed by atoms with Crippen molar-refractivity contribution >= 4 is 0 Å². The molecule has 0 aromatic heterocycles. The maximum Gasteiger partial charge on any atom is 0.415 e. The summed E-state index contributed by atoms with van der Waals surface area (Å²) in [6.45, 7) is 5.92. The van der Waals surface area contributed by atoms with E-state index in [1.807, 2.05) is 0 Å². The molecule has 2 nitrogen and oxygen atoms in total. The second kappa shape index (κ2) is 6.65. The molecular weight excluding hydrogens is 242 g/mol. The van der Waals surface area contributed by atoms with Crippen LogP contribution < -0.4 is 0 Å². The summed E-state index contributed by atoms with van der Waals surface area (Å²) in [4.78, 5) is 1.57. The Bertz CT molecular complexity index is 150. The third-order valence-corrected chi connectivity index (χ3v) is 2.18. The fraction of sp³-hybridized carbons (Fsp3) is 1.00. The first-order valence-corrected chi connectivity index (χ1v) is 4.33. The van der Waals surface area contributed by atoms with Crippen LogP contribution in [0.1, 0.15) is 20.8 Å². The van der Waals surface area contributed by atoms with Crippen LogP contribution in [0.15, 0.2) is 0 Å². The third-order valence-electron chi connectivity index (χ3n) is 2.18. The Morgan fingerprint density at radius 2 is 1.57 bits per heavy atom. The molecule has 0 saturated carbocycles. The van der Waals surface area contributed by atoms with Crippen molar-refractivity contribution in [2.24, 2.45) is 0 Å². The van der Waals surface area contributed by atoms with Crippen LogP contribution in [0, 0.1) is 0 Å². The summed E-state index contributed by atoms with van der Waals surface area (Å²) < 4.78 is 36.2. The number of hydrogen-bond donors (Lipinski definition) is 1. The number of nitrogens with zero attached hydrogens (tertiary/aromatic N) is 1. The topological polar surface area (TPSA) is 23.5 Å². The summed E-state index contributed by atoms with van der Waals surface area (Å²) in [6.07, 6.45) is -6.78. The molecule has 0 saturated heterocycles. The van der Waals surface area contributed by atoms with Crippen molar-refractivity contribution in [1.29, 1.82) is 0 Å².